The predicted octanol–water partition coefficient (Wildman–Crippen LogP) is 3.30. The van der Waals surface area contributed by atoms with Gasteiger partial charge in [0.15, 0.2) is 11.5 Å². The number of methoxy groups -OCH3 is 1. The highest BCUT2D eigenvalue weighted by atomic mass is 35.5. The van der Waals surface area contributed by atoms with Crippen molar-refractivity contribution >= 4 is 23.3 Å². The van der Waals surface area contributed by atoms with Crippen molar-refractivity contribution in [2.24, 2.45) is 5.41 Å². The highest BCUT2D eigenvalue weighted by Gasteiger charge is 2.45. The van der Waals surface area contributed by atoms with E-state index in [9.17, 15) is 14.7 Å². The van der Waals surface area contributed by atoms with Gasteiger partial charge in [0.25, 0.3) is 5.91 Å². The van der Waals surface area contributed by atoms with Gasteiger partial charge in [-0.3, -0.25) is 9.59 Å². The molecular weight excluding hydrogens is 330 g/mol. The van der Waals surface area contributed by atoms with Gasteiger partial charge in [-0.1, -0.05) is 44.5 Å². The van der Waals surface area contributed by atoms with Crippen LogP contribution >= 0.6 is 11.6 Å². The summed E-state index contributed by atoms with van der Waals surface area (Å²) in [6.07, 6.45) is 0. The Bertz CT molecular complexity index is 673. The zero-order valence-corrected chi connectivity index (χ0v) is 15.1. The summed E-state index contributed by atoms with van der Waals surface area (Å²) in [5, 5.41) is 10.9. The summed E-state index contributed by atoms with van der Waals surface area (Å²) in [4.78, 5) is 26.8. The topological polar surface area (TPSA) is 66.8 Å². The molecule has 1 aromatic carbocycles. The van der Waals surface area contributed by atoms with Crippen molar-refractivity contribution in [3.63, 3.8) is 0 Å². The number of amides is 1. The van der Waals surface area contributed by atoms with Gasteiger partial charge in [0, 0.05) is 24.1 Å². The molecule has 0 fully saturated rings. The van der Waals surface area contributed by atoms with E-state index >= 15 is 0 Å². The summed E-state index contributed by atoms with van der Waals surface area (Å²) in [6.45, 7) is 5.86. The quantitative estimate of drug-likeness (QED) is 0.883. The van der Waals surface area contributed by atoms with Crippen molar-refractivity contribution in [2.45, 2.75) is 26.8 Å². The van der Waals surface area contributed by atoms with Gasteiger partial charge in [-0.2, -0.15) is 0 Å². The lowest BCUT2D eigenvalue weighted by molar-refractivity contribution is -0.130. The van der Waals surface area contributed by atoms with Crippen molar-refractivity contribution in [2.75, 3.05) is 20.3 Å². The van der Waals surface area contributed by atoms with Gasteiger partial charge in [-0.25, -0.2) is 0 Å². The largest absolute Gasteiger partial charge is 0.503 e. The van der Waals surface area contributed by atoms with Gasteiger partial charge in [-0.05, 0) is 17.7 Å². The molecule has 0 radical (unpaired) electrons. The Labute approximate surface area is 146 Å². The van der Waals surface area contributed by atoms with E-state index in [-0.39, 0.29) is 17.9 Å². The Kier molecular flexibility index (Phi) is 5.35. The van der Waals surface area contributed by atoms with E-state index in [1.165, 1.54) is 12.0 Å². The highest BCUT2D eigenvalue weighted by molar-refractivity contribution is 6.30. The Morgan fingerprint density at radius 2 is 1.88 bits per heavy atom. The van der Waals surface area contributed by atoms with E-state index in [0.29, 0.717) is 11.6 Å². The molecule has 0 bridgehead atoms. The number of rotatable bonds is 5. The zero-order valence-electron chi connectivity index (χ0n) is 14.3. The van der Waals surface area contributed by atoms with E-state index < -0.39 is 23.1 Å². The normalized spacial score (nSPS) is 18.5. The fourth-order valence-corrected chi connectivity index (χ4v) is 2.83. The summed E-state index contributed by atoms with van der Waals surface area (Å²) in [5.74, 6) is -1.29. The van der Waals surface area contributed by atoms with Gasteiger partial charge in [-0.15, -0.1) is 0 Å². The van der Waals surface area contributed by atoms with E-state index in [1.807, 2.05) is 0 Å². The van der Waals surface area contributed by atoms with Crippen molar-refractivity contribution in [1.29, 1.82) is 0 Å². The maximum absolute atomic E-state index is 12.8. The number of ether oxygens (including phenoxy) is 1. The van der Waals surface area contributed by atoms with Gasteiger partial charge in [0.2, 0.25) is 0 Å². The van der Waals surface area contributed by atoms with Crippen LogP contribution in [0.15, 0.2) is 35.6 Å². The molecule has 1 amide bonds. The van der Waals surface area contributed by atoms with Gasteiger partial charge >= 0.3 is 0 Å². The number of ketones is 1. The van der Waals surface area contributed by atoms with Crippen LogP contribution in [0.5, 0.6) is 0 Å². The van der Waals surface area contributed by atoms with Crippen LogP contribution in [0.3, 0.4) is 0 Å². The minimum absolute atomic E-state index is 0.130. The maximum atomic E-state index is 12.8. The molecule has 130 valence electrons. The van der Waals surface area contributed by atoms with E-state index in [1.54, 1.807) is 45.0 Å². The van der Waals surface area contributed by atoms with E-state index in [2.05, 4.69) is 0 Å². The Morgan fingerprint density at radius 3 is 2.38 bits per heavy atom. The summed E-state index contributed by atoms with van der Waals surface area (Å²) < 4.78 is 5.05. The molecule has 0 saturated heterocycles. The number of Topliss-reactive ketones (excluding diaryl/α,β-unsaturated/α-hetero) is 1. The monoisotopic (exact) mass is 351 g/mol. The molecule has 0 spiro atoms. The number of hydrogen-bond acceptors (Lipinski definition) is 4. The lowest BCUT2D eigenvalue weighted by atomic mass is 9.82. The Balaban J connectivity index is 2.53. The molecule has 1 aliphatic rings. The third-order valence-corrected chi connectivity index (χ3v) is 4.20. The first kappa shape index (κ1) is 18.5. The van der Waals surface area contributed by atoms with Crippen molar-refractivity contribution < 1.29 is 19.4 Å². The fourth-order valence-electron chi connectivity index (χ4n) is 2.70. The molecule has 1 unspecified atom stereocenters. The number of carbonyl (C=O) groups excluding carboxylic acids is 2. The average Bonchev–Trinajstić information content (AvgIpc) is 2.76. The van der Waals surface area contributed by atoms with Crippen molar-refractivity contribution in [3.8, 4) is 0 Å². The number of nitrogens with zero attached hydrogens (tertiary/aromatic N) is 1. The van der Waals surface area contributed by atoms with Crippen LogP contribution in [-0.4, -0.2) is 42.0 Å². The number of halogens is 1. The van der Waals surface area contributed by atoms with Crippen LogP contribution < -0.4 is 0 Å². The lowest BCUT2D eigenvalue weighted by Crippen LogP contribution is -2.35. The molecule has 24 heavy (non-hydrogen) atoms. The Hall–Kier alpha value is -1.85. The molecule has 1 aromatic rings. The second kappa shape index (κ2) is 6.95. The van der Waals surface area contributed by atoms with Crippen LogP contribution in [0.4, 0.5) is 0 Å². The zero-order chi connectivity index (χ0) is 18.1. The van der Waals surface area contributed by atoms with E-state index in [4.69, 9.17) is 16.3 Å². The highest BCUT2D eigenvalue weighted by Crippen LogP contribution is 2.40. The first-order valence-electron chi connectivity index (χ1n) is 7.71. The van der Waals surface area contributed by atoms with Crippen LogP contribution in [0, 0.1) is 5.41 Å². The fraction of sp³-hybridized carbons (Fsp3) is 0.444. The van der Waals surface area contributed by atoms with Crippen LogP contribution in [-0.2, 0) is 14.3 Å². The van der Waals surface area contributed by atoms with Gasteiger partial charge in [0.1, 0.15) is 0 Å². The first-order chi connectivity index (χ1) is 11.2. The molecule has 0 aliphatic carbocycles. The summed E-state index contributed by atoms with van der Waals surface area (Å²) in [6, 6.07) is 6.27. The third-order valence-electron chi connectivity index (χ3n) is 3.95. The SMILES string of the molecule is COCCN1C(=O)C(O)=C(C(=O)C(C)(C)C)C1c1ccc(Cl)cc1. The van der Waals surface area contributed by atoms with Crippen molar-refractivity contribution in [3.05, 3.63) is 46.2 Å². The summed E-state index contributed by atoms with van der Waals surface area (Å²) in [7, 11) is 1.53. The second-order valence-corrected chi connectivity index (χ2v) is 7.22. The van der Waals surface area contributed by atoms with Crippen LogP contribution in [0.2, 0.25) is 5.02 Å². The molecule has 5 nitrogen and oxygen atoms in total. The van der Waals surface area contributed by atoms with Crippen molar-refractivity contribution in [1.82, 2.24) is 4.90 Å². The maximum Gasteiger partial charge on any atom is 0.290 e. The standard InChI is InChI=1S/C18H22ClNO4/c1-18(2,3)16(22)13-14(11-5-7-12(19)8-6-11)20(9-10-24-4)17(23)15(13)21/h5-8,14,21H,9-10H2,1-4H3. The smallest absolute Gasteiger partial charge is 0.290 e. The number of hydrogen-bond donors (Lipinski definition) is 1. The molecule has 0 saturated carbocycles. The first-order valence-corrected chi connectivity index (χ1v) is 8.09. The number of carbonyl (C=O) groups is 2. The summed E-state index contributed by atoms with van der Waals surface area (Å²) >= 11 is 5.94. The van der Waals surface area contributed by atoms with Gasteiger partial charge < -0.3 is 14.7 Å². The third kappa shape index (κ3) is 3.47. The van der Waals surface area contributed by atoms with Crippen LogP contribution in [0.1, 0.15) is 32.4 Å². The molecule has 6 heteroatoms. The van der Waals surface area contributed by atoms with E-state index in [0.717, 1.165) is 5.56 Å². The minimum atomic E-state index is -0.717. The summed E-state index contributed by atoms with van der Waals surface area (Å²) in [5.41, 5.74) is 0.136. The molecule has 1 aliphatic heterocycles. The Morgan fingerprint density at radius 1 is 1.29 bits per heavy atom. The van der Waals surface area contributed by atoms with Crippen LogP contribution in [0.25, 0.3) is 0 Å². The lowest BCUT2D eigenvalue weighted by Gasteiger charge is -2.28. The minimum Gasteiger partial charge on any atom is -0.503 e. The number of aliphatic hydroxyl groups excluding tert-OH is 1. The second-order valence-electron chi connectivity index (χ2n) is 6.79. The molecular formula is C18H22ClNO4. The molecule has 1 atom stereocenters. The molecule has 1 heterocycles. The molecule has 0 aromatic heterocycles. The number of benzene rings is 1. The predicted molar refractivity (Wildman–Crippen MR) is 91.9 cm³/mol. The molecule has 1 N–H and O–H groups in total. The number of aliphatic hydroxyl groups is 1. The van der Waals surface area contributed by atoms with Gasteiger partial charge in [0.05, 0.1) is 18.2 Å². The average molecular weight is 352 g/mol. The molecule has 2 rings (SSSR count).